The third-order valence-corrected chi connectivity index (χ3v) is 8.36. The molecule has 0 amide bonds. The lowest BCUT2D eigenvalue weighted by molar-refractivity contribution is 0.519. The fraction of sp³-hybridized carbons (Fsp3) is 0.488. The highest BCUT2D eigenvalue weighted by atomic mass is 19.1. The minimum Gasteiger partial charge on any atom is -0.207 e. The van der Waals surface area contributed by atoms with E-state index in [1.165, 1.54) is 78.5 Å². The van der Waals surface area contributed by atoms with Gasteiger partial charge in [-0.05, 0) is 102 Å². The number of rotatable bonds is 3. The van der Waals surface area contributed by atoms with Gasteiger partial charge < -0.3 is 0 Å². The van der Waals surface area contributed by atoms with Gasteiger partial charge in [0.2, 0.25) is 0 Å². The summed E-state index contributed by atoms with van der Waals surface area (Å²) in [5.74, 6) is 1.66. The molecule has 0 heterocycles. The molecule has 0 nitrogen and oxygen atoms in total. The number of hydrogen-bond donors (Lipinski definition) is 0. The number of aryl methyl sites for hydroxylation is 1. The molecule has 0 saturated heterocycles. The predicted molar refractivity (Wildman–Crippen MR) is 199 cm³/mol. The summed E-state index contributed by atoms with van der Waals surface area (Å²) >= 11 is 0. The fourth-order valence-corrected chi connectivity index (χ4v) is 6.09. The van der Waals surface area contributed by atoms with Crippen molar-refractivity contribution in [2.24, 2.45) is 11.8 Å². The van der Waals surface area contributed by atoms with Gasteiger partial charge in [0.15, 0.2) is 0 Å². The quantitative estimate of drug-likeness (QED) is 0.307. The summed E-state index contributed by atoms with van der Waals surface area (Å²) in [6.45, 7) is 34.4. The van der Waals surface area contributed by atoms with Crippen LogP contribution < -0.4 is 0 Å². The van der Waals surface area contributed by atoms with E-state index >= 15 is 0 Å². The average Bonchev–Trinajstić information content (AvgIpc) is 3.62. The van der Waals surface area contributed by atoms with Crippen LogP contribution in [-0.4, -0.2) is 0 Å². The molecular weight excluding hydrogens is 535 g/mol. The monoisotopic (exact) mass is 601 g/mol. The highest BCUT2D eigenvalue weighted by molar-refractivity contribution is 5.92. The zero-order valence-electron chi connectivity index (χ0n) is 30.4. The van der Waals surface area contributed by atoms with E-state index in [2.05, 4.69) is 105 Å². The van der Waals surface area contributed by atoms with Gasteiger partial charge in [0.25, 0.3) is 0 Å². The first-order valence-corrected chi connectivity index (χ1v) is 17.3. The van der Waals surface area contributed by atoms with E-state index in [0.29, 0.717) is 11.8 Å². The zero-order chi connectivity index (χ0) is 33.8. The Morgan fingerprint density at radius 2 is 1.39 bits per heavy atom. The number of allylic oxidation sites excluding steroid dienone is 7. The molecule has 0 N–H and O–H groups in total. The van der Waals surface area contributed by atoms with Crippen LogP contribution in [0.4, 0.5) is 4.39 Å². The third-order valence-electron chi connectivity index (χ3n) is 8.36. The summed E-state index contributed by atoms with van der Waals surface area (Å²) in [5, 5.41) is 0. The summed E-state index contributed by atoms with van der Waals surface area (Å²) < 4.78 is 12.1. The Kier molecular flexibility index (Phi) is 21.1. The van der Waals surface area contributed by atoms with Crippen LogP contribution in [-0.2, 0) is 0 Å². The third kappa shape index (κ3) is 10.9. The van der Waals surface area contributed by atoms with Gasteiger partial charge in [0.1, 0.15) is 5.82 Å². The minimum absolute atomic E-state index is 0.171. The lowest BCUT2D eigenvalue weighted by Gasteiger charge is -2.33. The SMILES string of the molecule is C=C.C=C1C(C2=C3CCCC3C(C)c3ccccc32)=C(C)/C(=C/CC)C1C.CC.CCC.CCCC.Cc1ccc(F)cc1. The predicted octanol–water partition coefficient (Wildman–Crippen LogP) is 14.4. The molecular formula is C43H65F. The second kappa shape index (κ2) is 22.6. The second-order valence-corrected chi connectivity index (χ2v) is 11.6. The molecule has 0 aromatic heterocycles. The van der Waals surface area contributed by atoms with Crippen LogP contribution in [0.15, 0.2) is 102 Å². The molecule has 3 atom stereocenters. The maximum Gasteiger partial charge on any atom is 0.123 e. The number of halogens is 1. The van der Waals surface area contributed by atoms with Crippen molar-refractivity contribution in [3.05, 3.63) is 125 Å². The van der Waals surface area contributed by atoms with E-state index in [1.807, 2.05) is 20.8 Å². The molecule has 0 bridgehead atoms. The normalized spacial score (nSPS) is 20.2. The summed E-state index contributed by atoms with van der Waals surface area (Å²) in [7, 11) is 0. The first-order chi connectivity index (χ1) is 21.2. The van der Waals surface area contributed by atoms with E-state index in [-0.39, 0.29) is 5.82 Å². The zero-order valence-corrected chi connectivity index (χ0v) is 30.4. The molecule has 1 fully saturated rings. The van der Waals surface area contributed by atoms with Crippen molar-refractivity contribution in [3.63, 3.8) is 0 Å². The van der Waals surface area contributed by atoms with Crippen molar-refractivity contribution in [2.75, 3.05) is 0 Å². The van der Waals surface area contributed by atoms with Gasteiger partial charge in [0, 0.05) is 5.92 Å². The van der Waals surface area contributed by atoms with Crippen LogP contribution in [0.5, 0.6) is 0 Å². The van der Waals surface area contributed by atoms with Crippen LogP contribution in [0.3, 0.4) is 0 Å². The molecule has 5 rings (SSSR count). The number of unbranched alkanes of at least 4 members (excludes halogenated alkanes) is 1. The fourth-order valence-electron chi connectivity index (χ4n) is 6.09. The van der Waals surface area contributed by atoms with E-state index in [4.69, 9.17) is 0 Å². The Morgan fingerprint density at radius 1 is 0.841 bits per heavy atom. The van der Waals surface area contributed by atoms with Gasteiger partial charge in [0.05, 0.1) is 0 Å². The summed E-state index contributed by atoms with van der Waals surface area (Å²) in [4.78, 5) is 0. The van der Waals surface area contributed by atoms with Crippen LogP contribution in [0.2, 0.25) is 0 Å². The molecule has 0 radical (unpaired) electrons. The molecule has 2 aromatic carbocycles. The average molecular weight is 601 g/mol. The van der Waals surface area contributed by atoms with Crippen molar-refractivity contribution in [1.82, 2.24) is 0 Å². The van der Waals surface area contributed by atoms with Crippen LogP contribution in [0, 0.1) is 24.6 Å². The van der Waals surface area contributed by atoms with Crippen molar-refractivity contribution in [3.8, 4) is 0 Å². The Balaban J connectivity index is 0.000000803. The van der Waals surface area contributed by atoms with Crippen LogP contribution in [0.1, 0.15) is 137 Å². The van der Waals surface area contributed by atoms with Gasteiger partial charge in [-0.25, -0.2) is 4.39 Å². The first-order valence-electron chi connectivity index (χ1n) is 17.3. The van der Waals surface area contributed by atoms with E-state index < -0.39 is 0 Å². The maximum absolute atomic E-state index is 12.1. The van der Waals surface area contributed by atoms with Crippen molar-refractivity contribution < 1.29 is 4.39 Å². The molecule has 0 aliphatic heterocycles. The lowest BCUT2D eigenvalue weighted by Crippen LogP contribution is -2.18. The molecule has 3 aliphatic carbocycles. The van der Waals surface area contributed by atoms with Crippen molar-refractivity contribution in [2.45, 2.75) is 127 Å². The maximum atomic E-state index is 12.1. The Hall–Kier alpha value is -2.93. The van der Waals surface area contributed by atoms with Crippen molar-refractivity contribution in [1.29, 1.82) is 0 Å². The van der Waals surface area contributed by atoms with Gasteiger partial charge in [-0.1, -0.05) is 142 Å². The van der Waals surface area contributed by atoms with E-state index in [1.54, 1.807) is 28.8 Å². The van der Waals surface area contributed by atoms with Gasteiger partial charge in [-0.2, -0.15) is 0 Å². The van der Waals surface area contributed by atoms with Crippen molar-refractivity contribution >= 4 is 5.57 Å². The molecule has 1 saturated carbocycles. The van der Waals surface area contributed by atoms with Gasteiger partial charge >= 0.3 is 0 Å². The van der Waals surface area contributed by atoms with E-state index in [0.717, 1.165) is 17.9 Å². The Labute approximate surface area is 273 Å². The smallest absolute Gasteiger partial charge is 0.123 e. The largest absolute Gasteiger partial charge is 0.207 e. The molecule has 0 spiro atoms. The topological polar surface area (TPSA) is 0 Å². The van der Waals surface area contributed by atoms with E-state index in [9.17, 15) is 4.39 Å². The highest BCUT2D eigenvalue weighted by Gasteiger charge is 2.39. The Morgan fingerprint density at radius 3 is 1.89 bits per heavy atom. The summed E-state index contributed by atoms with van der Waals surface area (Å²) in [6, 6.07) is 15.5. The number of fused-ring (bicyclic) bond motifs is 2. The summed E-state index contributed by atoms with van der Waals surface area (Å²) in [6.07, 6.45) is 11.4. The molecule has 2 aromatic rings. The lowest BCUT2D eigenvalue weighted by atomic mass is 9.71. The van der Waals surface area contributed by atoms with Gasteiger partial charge in [-0.3, -0.25) is 0 Å². The first kappa shape index (κ1) is 41.1. The van der Waals surface area contributed by atoms with Crippen LogP contribution in [0.25, 0.3) is 5.57 Å². The summed E-state index contributed by atoms with van der Waals surface area (Å²) in [5.41, 5.74) is 13.1. The number of benzene rings is 2. The molecule has 44 heavy (non-hydrogen) atoms. The second-order valence-electron chi connectivity index (χ2n) is 11.6. The molecule has 3 aliphatic rings. The Bertz CT molecular complexity index is 1180. The van der Waals surface area contributed by atoms with Gasteiger partial charge in [-0.15, -0.1) is 13.2 Å². The minimum atomic E-state index is -0.171. The molecule has 244 valence electrons. The molecule has 3 unspecified atom stereocenters. The highest BCUT2D eigenvalue weighted by Crippen LogP contribution is 2.56. The standard InChI is InChI=1S/C25H30.C7H7F.C4H10.C3H8.C2H6.C2H4/c1-6-10-19-15(2)16(3)24(18(19)5)25-22-12-8-7-11-20(22)17(4)21-13-9-14-23(21)25;1-6-2-4-7(8)5-3-6;1-3-4-2;1-3-2;2*1-2/h7-8,10-12,15,17,21H,3,6,9,13-14H2,1-2,4-5H3;2-5H,1H3;3-4H2,1-2H3;3H2,1-2H3;1-2H3;1-2H2/b19-10+;;;;;. The van der Waals surface area contributed by atoms with Crippen LogP contribution >= 0.6 is 0 Å². The number of hydrogen-bond acceptors (Lipinski definition) is 0. The molecule has 1 heteroatoms.